The van der Waals surface area contributed by atoms with Gasteiger partial charge in [0.05, 0.1) is 10.7 Å². The van der Waals surface area contributed by atoms with Crippen LogP contribution < -0.4 is 0 Å². The van der Waals surface area contributed by atoms with Gasteiger partial charge in [-0.1, -0.05) is 38.1 Å². The van der Waals surface area contributed by atoms with Crippen LogP contribution in [-0.2, 0) is 12.8 Å². The molecule has 1 nitrogen and oxygen atoms in total. The highest BCUT2D eigenvalue weighted by Gasteiger charge is 2.17. The molecule has 1 heterocycles. The second-order valence-corrected chi connectivity index (χ2v) is 5.30. The highest BCUT2D eigenvalue weighted by Crippen LogP contribution is 2.34. The highest BCUT2D eigenvalue weighted by molar-refractivity contribution is 7.12. The van der Waals surface area contributed by atoms with Crippen LogP contribution >= 0.6 is 11.3 Å². The van der Waals surface area contributed by atoms with Crippen LogP contribution in [-0.4, -0.2) is 4.98 Å². The number of benzene rings is 1. The molecule has 17 heavy (non-hydrogen) atoms. The zero-order valence-electron chi connectivity index (χ0n) is 10.8. The van der Waals surface area contributed by atoms with Crippen LogP contribution in [0.5, 0.6) is 0 Å². The molecule has 0 unspecified atom stereocenters. The molecule has 90 valence electrons. The van der Waals surface area contributed by atoms with E-state index in [1.54, 1.807) is 0 Å². The highest BCUT2D eigenvalue weighted by atomic mass is 32.1. The molecule has 0 saturated heterocycles. The van der Waals surface area contributed by atoms with Crippen molar-refractivity contribution in [2.75, 3.05) is 0 Å². The Kier molecular flexibility index (Phi) is 3.95. The topological polar surface area (TPSA) is 12.9 Å². The molecule has 1 aliphatic carbocycles. The number of thiazole rings is 1. The fourth-order valence-electron chi connectivity index (χ4n) is 2.26. The second kappa shape index (κ2) is 5.46. The number of aryl methyl sites for hydroxylation is 3. The maximum atomic E-state index is 4.67. The van der Waals surface area contributed by atoms with Gasteiger partial charge in [-0.25, -0.2) is 4.98 Å². The van der Waals surface area contributed by atoms with E-state index in [-0.39, 0.29) is 0 Å². The van der Waals surface area contributed by atoms with Gasteiger partial charge in [-0.3, -0.25) is 0 Å². The molecule has 2 aromatic rings. The van der Waals surface area contributed by atoms with Crippen molar-refractivity contribution >= 4 is 11.3 Å². The summed E-state index contributed by atoms with van der Waals surface area (Å²) >= 11 is 1.86. The van der Waals surface area contributed by atoms with Crippen molar-refractivity contribution in [3.8, 4) is 11.3 Å². The van der Waals surface area contributed by atoms with E-state index >= 15 is 0 Å². The van der Waals surface area contributed by atoms with Crippen molar-refractivity contribution in [3.05, 3.63) is 39.7 Å². The van der Waals surface area contributed by atoms with Gasteiger partial charge in [-0.05, 0) is 31.7 Å². The molecule has 0 atom stereocenters. The fourth-order valence-corrected chi connectivity index (χ4v) is 3.25. The molecule has 2 heteroatoms. The Hall–Kier alpha value is -1.15. The number of aromatic nitrogens is 1. The normalized spacial score (nSPS) is 12.9. The third-order valence-corrected chi connectivity index (χ3v) is 3.96. The molecule has 0 amide bonds. The van der Waals surface area contributed by atoms with Gasteiger partial charge >= 0.3 is 0 Å². The second-order valence-electron chi connectivity index (χ2n) is 4.02. The lowest BCUT2D eigenvalue weighted by Gasteiger charge is -2.03. The van der Waals surface area contributed by atoms with Gasteiger partial charge in [-0.2, -0.15) is 0 Å². The van der Waals surface area contributed by atoms with Gasteiger partial charge in [0.2, 0.25) is 0 Å². The summed E-state index contributed by atoms with van der Waals surface area (Å²) in [5.41, 5.74) is 4.06. The van der Waals surface area contributed by atoms with E-state index in [0.717, 1.165) is 0 Å². The number of hydrogen-bond acceptors (Lipinski definition) is 2. The van der Waals surface area contributed by atoms with E-state index in [1.165, 1.54) is 46.0 Å². The summed E-state index contributed by atoms with van der Waals surface area (Å²) in [6.07, 6.45) is 3.64. The molecule has 0 saturated carbocycles. The Bertz CT molecular complexity index is 499. The Morgan fingerprint density at radius 3 is 2.71 bits per heavy atom. The molecule has 0 radical (unpaired) electrons. The first kappa shape index (κ1) is 12.3. The summed E-state index contributed by atoms with van der Waals surface area (Å²) in [7, 11) is 0. The van der Waals surface area contributed by atoms with Gasteiger partial charge in [0.25, 0.3) is 0 Å². The molecule has 1 aliphatic rings. The lowest BCUT2D eigenvalue weighted by Crippen LogP contribution is -1.87. The van der Waals surface area contributed by atoms with Gasteiger partial charge < -0.3 is 0 Å². The van der Waals surface area contributed by atoms with Crippen molar-refractivity contribution in [3.63, 3.8) is 0 Å². The van der Waals surface area contributed by atoms with Crippen LogP contribution in [0.3, 0.4) is 0 Å². The maximum Gasteiger partial charge on any atom is 0.0904 e. The van der Waals surface area contributed by atoms with Crippen molar-refractivity contribution in [1.29, 1.82) is 0 Å². The zero-order valence-corrected chi connectivity index (χ0v) is 11.6. The van der Waals surface area contributed by atoms with Crippen LogP contribution in [0.4, 0.5) is 0 Å². The van der Waals surface area contributed by atoms with E-state index < -0.39 is 0 Å². The third kappa shape index (κ3) is 2.42. The zero-order chi connectivity index (χ0) is 12.3. The van der Waals surface area contributed by atoms with Gasteiger partial charge in [0, 0.05) is 10.4 Å². The lowest BCUT2D eigenvalue weighted by molar-refractivity contribution is 0.843. The number of hydrogen-bond donors (Lipinski definition) is 0. The molecule has 0 aliphatic heterocycles. The average molecular weight is 245 g/mol. The van der Waals surface area contributed by atoms with Crippen LogP contribution in [0.2, 0.25) is 0 Å². The Balaban J connectivity index is 0.000000514. The summed E-state index contributed by atoms with van der Waals surface area (Å²) in [6, 6.07) is 8.68. The average Bonchev–Trinajstić information content (AvgIpc) is 2.65. The molecule has 3 rings (SSSR count). The standard InChI is InChI=1S/C13H13NS.C2H6/c1-9-14-13-11-7-3-2-5-10(11)6-4-8-12(13)15-9;1-2/h2-3,5,7H,4,6,8H2,1H3;1-2H3. The summed E-state index contributed by atoms with van der Waals surface area (Å²) < 4.78 is 0. The predicted octanol–water partition coefficient (Wildman–Crippen LogP) is 4.63. The van der Waals surface area contributed by atoms with E-state index in [1.807, 2.05) is 25.2 Å². The minimum atomic E-state index is 1.19. The number of fused-ring (bicyclic) bond motifs is 3. The van der Waals surface area contributed by atoms with Crippen molar-refractivity contribution in [2.45, 2.75) is 40.0 Å². The third-order valence-electron chi connectivity index (χ3n) is 2.93. The minimum absolute atomic E-state index is 1.19. The molecular formula is C15H19NS. The molecule has 0 N–H and O–H groups in total. The van der Waals surface area contributed by atoms with Crippen LogP contribution in [0.1, 0.15) is 35.7 Å². The lowest BCUT2D eigenvalue weighted by atomic mass is 10.0. The smallest absolute Gasteiger partial charge is 0.0904 e. The summed E-state index contributed by atoms with van der Waals surface area (Å²) in [4.78, 5) is 6.14. The monoisotopic (exact) mass is 245 g/mol. The molecule has 0 fully saturated rings. The van der Waals surface area contributed by atoms with Crippen LogP contribution in [0.15, 0.2) is 24.3 Å². The van der Waals surface area contributed by atoms with Crippen molar-refractivity contribution < 1.29 is 0 Å². The minimum Gasteiger partial charge on any atom is -0.241 e. The van der Waals surface area contributed by atoms with Crippen molar-refractivity contribution in [1.82, 2.24) is 4.98 Å². The Labute approximate surface area is 108 Å². The summed E-state index contributed by atoms with van der Waals surface area (Å²) in [5, 5.41) is 1.19. The van der Waals surface area contributed by atoms with Crippen LogP contribution in [0, 0.1) is 6.92 Å². The number of rotatable bonds is 0. The summed E-state index contributed by atoms with van der Waals surface area (Å²) in [6.45, 7) is 6.10. The SMILES string of the molecule is CC.Cc1nc2c(s1)CCCc1ccccc1-2. The Morgan fingerprint density at radius 1 is 1.12 bits per heavy atom. The largest absolute Gasteiger partial charge is 0.241 e. The van der Waals surface area contributed by atoms with Gasteiger partial charge in [0.15, 0.2) is 0 Å². The molecule has 0 spiro atoms. The van der Waals surface area contributed by atoms with Crippen LogP contribution in [0.25, 0.3) is 11.3 Å². The number of nitrogens with zero attached hydrogens (tertiary/aromatic N) is 1. The molecule has 0 bridgehead atoms. The molecule has 1 aromatic carbocycles. The first-order chi connectivity index (χ1) is 8.34. The van der Waals surface area contributed by atoms with E-state index in [0.29, 0.717) is 0 Å². The van der Waals surface area contributed by atoms with E-state index in [4.69, 9.17) is 0 Å². The van der Waals surface area contributed by atoms with Crippen molar-refractivity contribution in [2.24, 2.45) is 0 Å². The predicted molar refractivity (Wildman–Crippen MR) is 75.7 cm³/mol. The van der Waals surface area contributed by atoms with E-state index in [2.05, 4.69) is 36.2 Å². The Morgan fingerprint density at radius 2 is 1.88 bits per heavy atom. The van der Waals surface area contributed by atoms with Gasteiger partial charge in [0.1, 0.15) is 0 Å². The van der Waals surface area contributed by atoms with Gasteiger partial charge in [-0.15, -0.1) is 11.3 Å². The quantitative estimate of drug-likeness (QED) is 0.659. The summed E-state index contributed by atoms with van der Waals surface area (Å²) in [5.74, 6) is 0. The maximum absolute atomic E-state index is 4.67. The first-order valence-electron chi connectivity index (χ1n) is 6.39. The van der Waals surface area contributed by atoms with E-state index in [9.17, 15) is 0 Å². The molecular weight excluding hydrogens is 226 g/mol. The molecule has 1 aromatic heterocycles. The first-order valence-corrected chi connectivity index (χ1v) is 7.21. The fraction of sp³-hybridized carbons (Fsp3) is 0.400.